The van der Waals surface area contributed by atoms with Crippen molar-refractivity contribution in [2.24, 2.45) is 5.73 Å². The minimum atomic E-state index is -1.02. The summed E-state index contributed by atoms with van der Waals surface area (Å²) in [5, 5.41) is 21.4. The molecule has 0 radical (unpaired) electrons. The number of benzene rings is 1. The van der Waals surface area contributed by atoms with E-state index in [9.17, 15) is 14.7 Å². The van der Waals surface area contributed by atoms with E-state index < -0.39 is 17.8 Å². The molecule has 1 atom stereocenters. The molecule has 5 rings (SSSR count). The second kappa shape index (κ2) is 6.57. The van der Waals surface area contributed by atoms with Crippen LogP contribution in [-0.4, -0.2) is 32.2 Å². The van der Waals surface area contributed by atoms with Crippen molar-refractivity contribution in [3.8, 4) is 11.4 Å². The number of hydrogen-bond acceptors (Lipinski definition) is 5. The van der Waals surface area contributed by atoms with Gasteiger partial charge in [0, 0.05) is 21.3 Å². The van der Waals surface area contributed by atoms with Crippen molar-refractivity contribution in [2.75, 3.05) is 0 Å². The van der Waals surface area contributed by atoms with Crippen LogP contribution >= 0.6 is 22.7 Å². The molecule has 5 aromatic rings. The van der Waals surface area contributed by atoms with Crippen molar-refractivity contribution >= 4 is 55.7 Å². The van der Waals surface area contributed by atoms with Crippen LogP contribution in [0.1, 0.15) is 26.7 Å². The van der Waals surface area contributed by atoms with E-state index in [1.54, 1.807) is 12.1 Å². The number of fused-ring (bicyclic) bond motifs is 2. The van der Waals surface area contributed by atoms with E-state index >= 15 is 0 Å². The predicted octanol–water partition coefficient (Wildman–Crippen LogP) is 4.15. The van der Waals surface area contributed by atoms with Gasteiger partial charge in [0.1, 0.15) is 5.69 Å². The lowest BCUT2D eigenvalue weighted by atomic mass is 9.92. The van der Waals surface area contributed by atoms with Crippen LogP contribution < -0.4 is 5.73 Å². The maximum Gasteiger partial charge on any atom is 0.335 e. The standard InChI is InChI=1S/C20H14N4O3S2/c21-19(25)15(13-2-1-6-28-13)14-10-4-3-9(20(26)27)8-12(10)22-16(14)17-18-11(23-24-17)5-7-29-18/h1-8,15,22H,(H2,21,25)(H,23,24)(H,26,27). The van der Waals surface area contributed by atoms with Crippen molar-refractivity contribution < 1.29 is 14.7 Å². The van der Waals surface area contributed by atoms with Gasteiger partial charge in [-0.05, 0) is 35.0 Å². The lowest BCUT2D eigenvalue weighted by Crippen LogP contribution is -2.22. The molecule has 1 unspecified atom stereocenters. The van der Waals surface area contributed by atoms with Gasteiger partial charge in [0.2, 0.25) is 5.91 Å². The molecular weight excluding hydrogens is 408 g/mol. The maximum absolute atomic E-state index is 12.5. The zero-order valence-electron chi connectivity index (χ0n) is 14.8. The van der Waals surface area contributed by atoms with Gasteiger partial charge in [-0.3, -0.25) is 9.89 Å². The van der Waals surface area contributed by atoms with Crippen LogP contribution in [0.3, 0.4) is 0 Å². The first kappa shape index (κ1) is 17.7. The summed E-state index contributed by atoms with van der Waals surface area (Å²) in [4.78, 5) is 28.1. The summed E-state index contributed by atoms with van der Waals surface area (Å²) in [5.41, 5.74) is 9.55. The van der Waals surface area contributed by atoms with Gasteiger partial charge in [0.15, 0.2) is 0 Å². The molecule has 0 spiro atoms. The van der Waals surface area contributed by atoms with E-state index in [0.29, 0.717) is 22.5 Å². The van der Waals surface area contributed by atoms with E-state index in [-0.39, 0.29) is 5.56 Å². The Morgan fingerprint density at radius 1 is 1.10 bits per heavy atom. The molecule has 0 saturated heterocycles. The number of rotatable bonds is 5. The number of primary amides is 1. The number of aromatic nitrogens is 3. The number of hydrogen-bond donors (Lipinski definition) is 4. The van der Waals surface area contributed by atoms with Crippen molar-refractivity contribution in [3.05, 3.63) is 63.2 Å². The molecular formula is C20H14N4O3S2. The summed E-state index contributed by atoms with van der Waals surface area (Å²) in [6.45, 7) is 0. The van der Waals surface area contributed by atoms with Gasteiger partial charge in [0.05, 0.1) is 27.4 Å². The van der Waals surface area contributed by atoms with Crippen LogP contribution in [0.5, 0.6) is 0 Å². The number of carbonyl (C=O) groups excluding carboxylic acids is 1. The second-order valence-corrected chi connectivity index (χ2v) is 8.46. The average Bonchev–Trinajstić information content (AvgIpc) is 3.46. The number of H-pyrrole nitrogens is 2. The van der Waals surface area contributed by atoms with Crippen LogP contribution in [0.15, 0.2) is 47.2 Å². The van der Waals surface area contributed by atoms with Crippen molar-refractivity contribution in [2.45, 2.75) is 5.92 Å². The summed E-state index contributed by atoms with van der Waals surface area (Å²) < 4.78 is 0.950. The Kier molecular flexibility index (Phi) is 4.00. The number of nitrogens with two attached hydrogens (primary N) is 1. The highest BCUT2D eigenvalue weighted by Crippen LogP contribution is 2.42. The molecule has 9 heteroatoms. The molecule has 0 saturated carbocycles. The number of carboxylic acid groups (broad SMARTS) is 1. The lowest BCUT2D eigenvalue weighted by Gasteiger charge is -2.13. The number of nitrogens with one attached hydrogen (secondary N) is 2. The average molecular weight is 422 g/mol. The zero-order chi connectivity index (χ0) is 20.1. The van der Waals surface area contributed by atoms with Gasteiger partial charge in [-0.25, -0.2) is 4.79 Å². The van der Waals surface area contributed by atoms with Gasteiger partial charge in [-0.15, -0.1) is 22.7 Å². The third-order valence-corrected chi connectivity index (χ3v) is 6.75. The first-order chi connectivity index (χ1) is 14.0. The Labute approximate surface area is 171 Å². The molecule has 144 valence electrons. The van der Waals surface area contributed by atoms with Gasteiger partial charge in [-0.1, -0.05) is 12.1 Å². The highest BCUT2D eigenvalue weighted by molar-refractivity contribution is 7.17. The molecule has 29 heavy (non-hydrogen) atoms. The van der Waals surface area contributed by atoms with E-state index in [1.165, 1.54) is 28.7 Å². The fourth-order valence-electron chi connectivity index (χ4n) is 3.64. The Morgan fingerprint density at radius 2 is 1.97 bits per heavy atom. The topological polar surface area (TPSA) is 125 Å². The van der Waals surface area contributed by atoms with E-state index in [4.69, 9.17) is 5.73 Å². The molecule has 1 aromatic carbocycles. The minimum absolute atomic E-state index is 0.159. The number of aromatic carboxylic acids is 1. The van der Waals surface area contributed by atoms with Gasteiger partial charge >= 0.3 is 5.97 Å². The summed E-state index contributed by atoms with van der Waals surface area (Å²) in [6, 6.07) is 10.5. The first-order valence-electron chi connectivity index (χ1n) is 8.68. The molecule has 4 aromatic heterocycles. The molecule has 4 heterocycles. The maximum atomic E-state index is 12.5. The quantitative estimate of drug-likeness (QED) is 0.339. The summed E-state index contributed by atoms with van der Waals surface area (Å²) in [5.74, 6) is -2.18. The Hall–Kier alpha value is -3.43. The number of amides is 1. The van der Waals surface area contributed by atoms with Crippen LogP contribution in [-0.2, 0) is 4.79 Å². The largest absolute Gasteiger partial charge is 0.478 e. The SMILES string of the molecule is NC(=O)C(c1cccs1)c1c(-c2n[nH]c3ccsc23)[nH]c2cc(C(=O)O)ccc12. The first-order valence-corrected chi connectivity index (χ1v) is 10.4. The molecule has 5 N–H and O–H groups in total. The van der Waals surface area contributed by atoms with Crippen LogP contribution in [0, 0.1) is 0 Å². The van der Waals surface area contributed by atoms with Gasteiger partial charge in [-0.2, -0.15) is 5.10 Å². The van der Waals surface area contributed by atoms with Crippen LogP contribution in [0.2, 0.25) is 0 Å². The molecule has 1 amide bonds. The van der Waals surface area contributed by atoms with Crippen molar-refractivity contribution in [3.63, 3.8) is 0 Å². The summed E-state index contributed by atoms with van der Waals surface area (Å²) in [7, 11) is 0. The molecule has 0 aliphatic rings. The lowest BCUT2D eigenvalue weighted by molar-refractivity contribution is -0.118. The fraction of sp³-hybridized carbons (Fsp3) is 0.0500. The van der Waals surface area contributed by atoms with E-state index in [1.807, 2.05) is 29.0 Å². The number of carbonyl (C=O) groups is 2. The third-order valence-electron chi connectivity index (χ3n) is 4.89. The monoisotopic (exact) mass is 422 g/mol. The number of nitrogens with zero attached hydrogens (tertiary/aromatic N) is 1. The Balaban J connectivity index is 1.85. The Bertz CT molecular complexity index is 1380. The number of carboxylic acids is 1. The number of thiophene rings is 2. The van der Waals surface area contributed by atoms with Crippen molar-refractivity contribution in [1.82, 2.24) is 15.2 Å². The minimum Gasteiger partial charge on any atom is -0.478 e. The summed E-state index contributed by atoms with van der Waals surface area (Å²) in [6.07, 6.45) is 0. The van der Waals surface area contributed by atoms with E-state index in [0.717, 1.165) is 20.5 Å². The molecule has 0 bridgehead atoms. The van der Waals surface area contributed by atoms with Crippen molar-refractivity contribution in [1.29, 1.82) is 0 Å². The summed E-state index contributed by atoms with van der Waals surface area (Å²) >= 11 is 2.99. The van der Waals surface area contributed by atoms with Crippen LogP contribution in [0.4, 0.5) is 0 Å². The highest BCUT2D eigenvalue weighted by Gasteiger charge is 2.30. The van der Waals surface area contributed by atoms with Crippen LogP contribution in [0.25, 0.3) is 32.5 Å². The third kappa shape index (κ3) is 2.74. The van der Waals surface area contributed by atoms with E-state index in [2.05, 4.69) is 15.2 Å². The highest BCUT2D eigenvalue weighted by atomic mass is 32.1. The van der Waals surface area contributed by atoms with Gasteiger partial charge in [0.25, 0.3) is 0 Å². The smallest absolute Gasteiger partial charge is 0.335 e. The molecule has 0 aliphatic heterocycles. The molecule has 7 nitrogen and oxygen atoms in total. The molecule has 0 fully saturated rings. The predicted molar refractivity (Wildman–Crippen MR) is 114 cm³/mol. The number of aromatic amines is 2. The molecule has 0 aliphatic carbocycles. The second-order valence-electron chi connectivity index (χ2n) is 6.57. The zero-order valence-corrected chi connectivity index (χ0v) is 16.4. The van der Waals surface area contributed by atoms with Gasteiger partial charge < -0.3 is 15.8 Å². The Morgan fingerprint density at radius 3 is 2.69 bits per heavy atom. The fourth-order valence-corrected chi connectivity index (χ4v) is 5.32. The normalized spacial score (nSPS) is 12.6.